The minimum atomic E-state index is -0.248. The molecule has 0 N–H and O–H groups in total. The Hall–Kier alpha value is -2.16. The first-order chi connectivity index (χ1) is 10.3. The van der Waals surface area contributed by atoms with Gasteiger partial charge in [0.15, 0.2) is 0 Å². The molecule has 1 aliphatic carbocycles. The number of anilines is 1. The van der Waals surface area contributed by atoms with Crippen LogP contribution in [0.4, 0.5) is 5.82 Å². The second kappa shape index (κ2) is 5.68. The zero-order chi connectivity index (χ0) is 14.7. The monoisotopic (exact) mass is 280 g/mol. The predicted octanol–water partition coefficient (Wildman–Crippen LogP) is 3.82. The topological polar surface area (TPSA) is 33.2 Å². The summed E-state index contributed by atoms with van der Waals surface area (Å²) in [7, 11) is 0. The predicted molar refractivity (Wildman–Crippen MR) is 84.1 cm³/mol. The molecular weight excluding hydrogens is 260 g/mol. The summed E-state index contributed by atoms with van der Waals surface area (Å²) in [6.07, 6.45) is 6.98. The lowest BCUT2D eigenvalue weighted by Gasteiger charge is -2.39. The third-order valence-electron chi connectivity index (χ3n) is 4.52. The number of amides is 1. The molecule has 1 amide bonds. The number of rotatable bonds is 4. The van der Waals surface area contributed by atoms with Crippen LogP contribution >= 0.6 is 0 Å². The summed E-state index contributed by atoms with van der Waals surface area (Å²) in [4.78, 5) is 18.2. The molecule has 0 atom stereocenters. The standard InChI is InChI=1S/C18H20N2O/c1-15-8-7-13-19-17(15)20(14-21)18(11-5-6-12-18)16-9-3-2-4-10-16/h2-4,7-10,13-14H,5-6,11-12H2,1H3. The quantitative estimate of drug-likeness (QED) is 0.798. The number of hydrogen-bond acceptors (Lipinski definition) is 2. The minimum Gasteiger partial charge on any atom is -0.289 e. The van der Waals surface area contributed by atoms with Crippen molar-refractivity contribution < 1.29 is 4.79 Å². The van der Waals surface area contributed by atoms with E-state index in [-0.39, 0.29) is 5.54 Å². The summed E-state index contributed by atoms with van der Waals surface area (Å²) < 4.78 is 0. The van der Waals surface area contributed by atoms with Crippen molar-refractivity contribution in [3.8, 4) is 0 Å². The normalized spacial score (nSPS) is 16.6. The highest BCUT2D eigenvalue weighted by Gasteiger charge is 2.42. The number of aryl methyl sites for hydroxylation is 1. The van der Waals surface area contributed by atoms with Crippen molar-refractivity contribution in [3.63, 3.8) is 0 Å². The van der Waals surface area contributed by atoms with Crippen LogP contribution in [0, 0.1) is 6.92 Å². The van der Waals surface area contributed by atoms with Crippen molar-refractivity contribution in [1.29, 1.82) is 0 Å². The zero-order valence-corrected chi connectivity index (χ0v) is 12.3. The lowest BCUT2D eigenvalue weighted by Crippen LogP contribution is -2.44. The Kier molecular flexibility index (Phi) is 3.74. The molecular formula is C18H20N2O. The van der Waals surface area contributed by atoms with Gasteiger partial charge in [-0.05, 0) is 37.0 Å². The Morgan fingerprint density at radius 1 is 1.10 bits per heavy atom. The van der Waals surface area contributed by atoms with Gasteiger partial charge in [0.05, 0.1) is 5.54 Å². The Labute approximate surface area is 125 Å². The summed E-state index contributed by atoms with van der Waals surface area (Å²) in [6.45, 7) is 2.01. The highest BCUT2D eigenvalue weighted by Crippen LogP contribution is 2.45. The molecule has 21 heavy (non-hydrogen) atoms. The van der Waals surface area contributed by atoms with E-state index in [1.165, 1.54) is 5.56 Å². The maximum Gasteiger partial charge on any atom is 0.216 e. The summed E-state index contributed by atoms with van der Waals surface area (Å²) >= 11 is 0. The molecule has 3 rings (SSSR count). The lowest BCUT2D eigenvalue weighted by molar-refractivity contribution is -0.108. The molecule has 0 radical (unpaired) electrons. The van der Waals surface area contributed by atoms with Crippen molar-refractivity contribution in [2.75, 3.05) is 4.90 Å². The number of carbonyl (C=O) groups excluding carboxylic acids is 1. The molecule has 1 saturated carbocycles. The van der Waals surface area contributed by atoms with Crippen molar-refractivity contribution in [2.24, 2.45) is 0 Å². The van der Waals surface area contributed by atoms with E-state index in [0.717, 1.165) is 43.5 Å². The average molecular weight is 280 g/mol. The fourth-order valence-corrected chi connectivity index (χ4v) is 3.46. The van der Waals surface area contributed by atoms with Crippen LogP contribution in [0.5, 0.6) is 0 Å². The van der Waals surface area contributed by atoms with Crippen LogP contribution in [-0.4, -0.2) is 11.4 Å². The van der Waals surface area contributed by atoms with E-state index in [1.54, 1.807) is 6.20 Å². The first-order valence-electron chi connectivity index (χ1n) is 7.50. The number of pyridine rings is 1. The van der Waals surface area contributed by atoms with Gasteiger partial charge in [0.1, 0.15) is 5.82 Å². The average Bonchev–Trinajstić information content (AvgIpc) is 3.01. The minimum absolute atomic E-state index is 0.248. The van der Waals surface area contributed by atoms with Crippen LogP contribution < -0.4 is 4.90 Å². The Balaban J connectivity index is 2.12. The summed E-state index contributed by atoms with van der Waals surface area (Å²) in [5, 5.41) is 0. The number of aromatic nitrogens is 1. The molecule has 0 aliphatic heterocycles. The number of benzene rings is 1. The van der Waals surface area contributed by atoms with E-state index in [9.17, 15) is 4.79 Å². The maximum absolute atomic E-state index is 11.9. The van der Waals surface area contributed by atoms with E-state index in [1.807, 2.05) is 42.2 Å². The van der Waals surface area contributed by atoms with Gasteiger partial charge in [-0.15, -0.1) is 0 Å². The van der Waals surface area contributed by atoms with Crippen LogP contribution in [0.3, 0.4) is 0 Å². The number of hydrogen-bond donors (Lipinski definition) is 0. The van der Waals surface area contributed by atoms with Crippen LogP contribution in [0.1, 0.15) is 36.8 Å². The smallest absolute Gasteiger partial charge is 0.216 e. The van der Waals surface area contributed by atoms with E-state index in [4.69, 9.17) is 0 Å². The van der Waals surface area contributed by atoms with E-state index < -0.39 is 0 Å². The first kappa shape index (κ1) is 13.8. The summed E-state index contributed by atoms with van der Waals surface area (Å²) in [6, 6.07) is 14.3. The van der Waals surface area contributed by atoms with Crippen LogP contribution in [0.25, 0.3) is 0 Å². The van der Waals surface area contributed by atoms with Crippen LogP contribution in [0.15, 0.2) is 48.7 Å². The summed E-state index contributed by atoms with van der Waals surface area (Å²) in [5.41, 5.74) is 1.99. The van der Waals surface area contributed by atoms with Crippen molar-refractivity contribution in [1.82, 2.24) is 4.98 Å². The second-order valence-electron chi connectivity index (χ2n) is 5.72. The van der Waals surface area contributed by atoms with Gasteiger partial charge >= 0.3 is 0 Å². The van der Waals surface area contributed by atoms with Gasteiger partial charge < -0.3 is 0 Å². The molecule has 0 unspecified atom stereocenters. The largest absolute Gasteiger partial charge is 0.289 e. The summed E-state index contributed by atoms with van der Waals surface area (Å²) in [5.74, 6) is 0.776. The van der Waals surface area contributed by atoms with Crippen molar-refractivity contribution >= 4 is 12.2 Å². The SMILES string of the molecule is Cc1cccnc1N(C=O)C1(c2ccccc2)CCCC1. The molecule has 3 nitrogen and oxygen atoms in total. The molecule has 0 saturated heterocycles. The third-order valence-corrected chi connectivity index (χ3v) is 4.52. The van der Waals surface area contributed by atoms with Gasteiger partial charge in [-0.25, -0.2) is 4.98 Å². The Morgan fingerprint density at radius 3 is 2.43 bits per heavy atom. The first-order valence-corrected chi connectivity index (χ1v) is 7.50. The maximum atomic E-state index is 11.9. The number of nitrogens with zero attached hydrogens (tertiary/aromatic N) is 2. The zero-order valence-electron chi connectivity index (χ0n) is 12.3. The fraction of sp³-hybridized carbons (Fsp3) is 0.333. The molecule has 3 heteroatoms. The third kappa shape index (κ3) is 2.33. The number of carbonyl (C=O) groups is 1. The van der Waals surface area contributed by atoms with Gasteiger partial charge in [0, 0.05) is 6.20 Å². The van der Waals surface area contributed by atoms with Crippen molar-refractivity contribution in [3.05, 3.63) is 59.8 Å². The van der Waals surface area contributed by atoms with Gasteiger partial charge in [-0.2, -0.15) is 0 Å². The van der Waals surface area contributed by atoms with Gasteiger partial charge in [0.2, 0.25) is 6.41 Å². The molecule has 0 spiro atoms. The van der Waals surface area contributed by atoms with Gasteiger partial charge in [-0.3, -0.25) is 9.69 Å². The lowest BCUT2D eigenvalue weighted by atomic mass is 9.86. The Bertz CT molecular complexity index is 618. The molecule has 1 heterocycles. The van der Waals surface area contributed by atoms with Crippen LogP contribution in [0.2, 0.25) is 0 Å². The van der Waals surface area contributed by atoms with Gasteiger partial charge in [0.25, 0.3) is 0 Å². The highest BCUT2D eigenvalue weighted by molar-refractivity contribution is 5.77. The highest BCUT2D eigenvalue weighted by atomic mass is 16.1. The van der Waals surface area contributed by atoms with E-state index in [2.05, 4.69) is 17.1 Å². The molecule has 0 bridgehead atoms. The fourth-order valence-electron chi connectivity index (χ4n) is 3.46. The van der Waals surface area contributed by atoms with E-state index >= 15 is 0 Å². The second-order valence-corrected chi connectivity index (χ2v) is 5.72. The van der Waals surface area contributed by atoms with Crippen LogP contribution in [-0.2, 0) is 10.3 Å². The Morgan fingerprint density at radius 2 is 1.81 bits per heavy atom. The molecule has 1 aliphatic rings. The molecule has 1 aromatic heterocycles. The molecule has 1 aromatic carbocycles. The van der Waals surface area contributed by atoms with Crippen molar-refractivity contribution in [2.45, 2.75) is 38.1 Å². The molecule has 1 fully saturated rings. The van der Waals surface area contributed by atoms with Gasteiger partial charge in [-0.1, -0.05) is 49.2 Å². The van der Waals surface area contributed by atoms with E-state index in [0.29, 0.717) is 0 Å². The molecule has 2 aromatic rings. The molecule has 108 valence electrons.